The summed E-state index contributed by atoms with van der Waals surface area (Å²) in [6, 6.07) is 10.5. The van der Waals surface area contributed by atoms with Crippen molar-refractivity contribution in [2.45, 2.75) is 31.5 Å². The standard InChI is InChI=1S/C24H19F3N4O3/c25-24(26,27)16-4-7-19-20(10-16)31-22(30-19)15-2-6-18(28-12-15)14-3-8-21(29-11-14)34-17-5-1-13(9-17)23(32)33/h2-4,6-8,10-13,17H,1,5,9H2,(H,30,31)(H,32,33)/t13-,17+/m1/s1. The molecule has 34 heavy (non-hydrogen) atoms. The lowest BCUT2D eigenvalue weighted by Gasteiger charge is -2.12. The van der Waals surface area contributed by atoms with Gasteiger partial charge in [0.05, 0.1) is 28.2 Å². The van der Waals surface area contributed by atoms with Gasteiger partial charge in [0.1, 0.15) is 11.9 Å². The maximum Gasteiger partial charge on any atom is 0.416 e. The number of aliphatic carboxylic acids is 1. The van der Waals surface area contributed by atoms with Gasteiger partial charge in [-0.15, -0.1) is 0 Å². The van der Waals surface area contributed by atoms with Crippen LogP contribution in [0.2, 0.25) is 0 Å². The van der Waals surface area contributed by atoms with E-state index in [1.165, 1.54) is 6.07 Å². The Bertz CT molecular complexity index is 1330. The molecule has 1 aliphatic carbocycles. The summed E-state index contributed by atoms with van der Waals surface area (Å²) >= 11 is 0. The first kappa shape index (κ1) is 21.9. The second-order valence-electron chi connectivity index (χ2n) is 8.22. The maximum atomic E-state index is 12.9. The van der Waals surface area contributed by atoms with Crippen molar-refractivity contribution in [1.29, 1.82) is 0 Å². The van der Waals surface area contributed by atoms with E-state index < -0.39 is 17.7 Å². The number of hydrogen-bond donors (Lipinski definition) is 2. The van der Waals surface area contributed by atoms with Crippen molar-refractivity contribution in [2.24, 2.45) is 5.92 Å². The first-order valence-electron chi connectivity index (χ1n) is 10.7. The van der Waals surface area contributed by atoms with Gasteiger partial charge in [0.25, 0.3) is 0 Å². The number of rotatable bonds is 5. The molecule has 1 saturated carbocycles. The molecular formula is C24H19F3N4O3. The second-order valence-corrected chi connectivity index (χ2v) is 8.22. The minimum Gasteiger partial charge on any atom is -0.481 e. The number of carboxylic acid groups (broad SMARTS) is 1. The van der Waals surface area contributed by atoms with Gasteiger partial charge in [0, 0.05) is 29.6 Å². The van der Waals surface area contributed by atoms with Crippen molar-refractivity contribution in [2.75, 3.05) is 0 Å². The Kier molecular flexibility index (Phi) is 5.43. The molecule has 0 spiro atoms. The predicted octanol–water partition coefficient (Wildman–Crippen LogP) is 5.34. The molecule has 3 heterocycles. The van der Waals surface area contributed by atoms with E-state index in [1.54, 1.807) is 30.6 Å². The summed E-state index contributed by atoms with van der Waals surface area (Å²) in [6.45, 7) is 0. The Labute approximate surface area is 191 Å². The fourth-order valence-corrected chi connectivity index (χ4v) is 4.07. The number of benzene rings is 1. The highest BCUT2D eigenvalue weighted by Gasteiger charge is 2.32. The Hall–Kier alpha value is -3.95. The number of aromatic nitrogens is 4. The number of H-pyrrole nitrogens is 1. The zero-order valence-electron chi connectivity index (χ0n) is 17.7. The topological polar surface area (TPSA) is 101 Å². The lowest BCUT2D eigenvalue weighted by atomic mass is 10.1. The number of nitrogens with one attached hydrogen (secondary N) is 1. The summed E-state index contributed by atoms with van der Waals surface area (Å²) in [5.41, 5.74) is 2.03. The van der Waals surface area contributed by atoms with Crippen LogP contribution in [0.1, 0.15) is 24.8 Å². The van der Waals surface area contributed by atoms with Crippen LogP contribution in [0.4, 0.5) is 13.2 Å². The molecule has 5 rings (SSSR count). The van der Waals surface area contributed by atoms with Gasteiger partial charge in [-0.3, -0.25) is 9.78 Å². The van der Waals surface area contributed by atoms with Crippen molar-refractivity contribution >= 4 is 17.0 Å². The van der Waals surface area contributed by atoms with Crippen LogP contribution in [0.25, 0.3) is 33.7 Å². The number of aromatic amines is 1. The smallest absolute Gasteiger partial charge is 0.416 e. The Balaban J connectivity index is 1.29. The number of fused-ring (bicyclic) bond motifs is 1. The third-order valence-corrected chi connectivity index (χ3v) is 5.90. The summed E-state index contributed by atoms with van der Waals surface area (Å²) in [4.78, 5) is 27.1. The van der Waals surface area contributed by atoms with Crippen LogP contribution >= 0.6 is 0 Å². The van der Waals surface area contributed by atoms with Crippen molar-refractivity contribution in [3.05, 3.63) is 60.4 Å². The maximum absolute atomic E-state index is 12.9. The van der Waals surface area contributed by atoms with E-state index in [-0.39, 0.29) is 17.5 Å². The molecule has 0 aliphatic heterocycles. The molecule has 174 valence electrons. The van der Waals surface area contributed by atoms with Crippen molar-refractivity contribution in [1.82, 2.24) is 19.9 Å². The summed E-state index contributed by atoms with van der Waals surface area (Å²) < 4.78 is 44.6. The molecule has 7 nitrogen and oxygen atoms in total. The van der Waals surface area contributed by atoms with Gasteiger partial charge in [-0.1, -0.05) is 0 Å². The van der Waals surface area contributed by atoms with Gasteiger partial charge in [0.2, 0.25) is 5.88 Å². The number of halogens is 3. The van der Waals surface area contributed by atoms with Crippen LogP contribution in [-0.2, 0) is 11.0 Å². The van der Waals surface area contributed by atoms with E-state index in [0.717, 1.165) is 17.7 Å². The van der Waals surface area contributed by atoms with Crippen LogP contribution in [0, 0.1) is 5.92 Å². The fourth-order valence-electron chi connectivity index (χ4n) is 4.07. The second kappa shape index (κ2) is 8.44. The number of carboxylic acids is 1. The van der Waals surface area contributed by atoms with Gasteiger partial charge in [-0.05, 0) is 55.7 Å². The minimum atomic E-state index is -4.43. The monoisotopic (exact) mass is 468 g/mol. The number of carbonyl (C=O) groups is 1. The molecular weight excluding hydrogens is 449 g/mol. The first-order chi connectivity index (χ1) is 16.3. The molecule has 1 aromatic carbocycles. The summed E-state index contributed by atoms with van der Waals surface area (Å²) in [7, 11) is 0. The van der Waals surface area contributed by atoms with Gasteiger partial charge in [-0.2, -0.15) is 13.2 Å². The van der Waals surface area contributed by atoms with E-state index in [4.69, 9.17) is 9.84 Å². The quantitative estimate of drug-likeness (QED) is 0.410. The molecule has 0 saturated heterocycles. The van der Waals surface area contributed by atoms with Crippen LogP contribution in [0.15, 0.2) is 54.9 Å². The predicted molar refractivity (Wildman–Crippen MR) is 117 cm³/mol. The van der Waals surface area contributed by atoms with Crippen molar-refractivity contribution < 1.29 is 27.8 Å². The van der Waals surface area contributed by atoms with Gasteiger partial charge in [-0.25, -0.2) is 9.97 Å². The summed E-state index contributed by atoms with van der Waals surface area (Å²) in [5.74, 6) is -0.313. The van der Waals surface area contributed by atoms with E-state index in [9.17, 15) is 18.0 Å². The highest BCUT2D eigenvalue weighted by atomic mass is 19.4. The molecule has 0 bridgehead atoms. The van der Waals surface area contributed by atoms with Crippen LogP contribution in [0.5, 0.6) is 5.88 Å². The number of imidazole rings is 1. The molecule has 0 radical (unpaired) electrons. The van der Waals surface area contributed by atoms with Crippen LogP contribution < -0.4 is 4.74 Å². The summed E-state index contributed by atoms with van der Waals surface area (Å²) in [5, 5.41) is 9.10. The number of nitrogens with zero attached hydrogens (tertiary/aromatic N) is 3. The molecule has 1 fully saturated rings. The Morgan fingerprint density at radius 2 is 1.82 bits per heavy atom. The third kappa shape index (κ3) is 4.43. The average Bonchev–Trinajstić information content (AvgIpc) is 3.46. The molecule has 4 aromatic rings. The molecule has 2 atom stereocenters. The van der Waals surface area contributed by atoms with Gasteiger partial charge < -0.3 is 14.8 Å². The zero-order valence-corrected chi connectivity index (χ0v) is 17.7. The molecule has 2 N–H and O–H groups in total. The third-order valence-electron chi connectivity index (χ3n) is 5.90. The summed E-state index contributed by atoms with van der Waals surface area (Å²) in [6.07, 6.45) is 0.386. The van der Waals surface area contributed by atoms with Gasteiger partial charge in [0.15, 0.2) is 0 Å². The van der Waals surface area contributed by atoms with E-state index in [1.807, 2.05) is 6.07 Å². The van der Waals surface area contributed by atoms with Crippen LogP contribution in [0.3, 0.4) is 0 Å². The number of hydrogen-bond acceptors (Lipinski definition) is 5. The lowest BCUT2D eigenvalue weighted by molar-refractivity contribution is -0.141. The fraction of sp³-hybridized carbons (Fsp3) is 0.250. The van der Waals surface area contributed by atoms with Gasteiger partial charge >= 0.3 is 12.1 Å². The normalized spacial score (nSPS) is 18.3. The van der Waals surface area contributed by atoms with Crippen LogP contribution in [-0.4, -0.2) is 37.1 Å². The van der Waals surface area contributed by atoms with E-state index >= 15 is 0 Å². The van der Waals surface area contributed by atoms with E-state index in [0.29, 0.717) is 47.7 Å². The van der Waals surface area contributed by atoms with Crippen molar-refractivity contribution in [3.8, 4) is 28.5 Å². The SMILES string of the molecule is O=C(O)[C@@H]1CC[C@H](Oc2ccc(-c3ccc(-c4nc5cc(C(F)(F)F)ccc5[nH]4)cn3)cn2)C1. The lowest BCUT2D eigenvalue weighted by Crippen LogP contribution is -2.16. The number of ether oxygens (including phenoxy) is 1. The molecule has 3 aromatic heterocycles. The molecule has 1 aliphatic rings. The Morgan fingerprint density at radius 1 is 1.03 bits per heavy atom. The first-order valence-corrected chi connectivity index (χ1v) is 10.7. The average molecular weight is 468 g/mol. The minimum absolute atomic E-state index is 0.159. The largest absolute Gasteiger partial charge is 0.481 e. The molecule has 10 heteroatoms. The Morgan fingerprint density at radius 3 is 2.47 bits per heavy atom. The van der Waals surface area contributed by atoms with E-state index in [2.05, 4.69) is 19.9 Å². The highest BCUT2D eigenvalue weighted by molar-refractivity contribution is 5.80. The molecule has 0 amide bonds. The number of pyridine rings is 2. The highest BCUT2D eigenvalue weighted by Crippen LogP contribution is 2.32. The number of alkyl halides is 3. The zero-order chi connectivity index (χ0) is 23.9. The molecule has 0 unspecified atom stereocenters. The van der Waals surface area contributed by atoms with Crippen molar-refractivity contribution in [3.63, 3.8) is 0 Å².